The van der Waals surface area contributed by atoms with Gasteiger partial charge < -0.3 is 15.6 Å². The van der Waals surface area contributed by atoms with Gasteiger partial charge in [0.05, 0.1) is 0 Å². The Labute approximate surface area is 140 Å². The lowest BCUT2D eigenvalue weighted by Gasteiger charge is -2.27. The SMILES string of the molecule is Cn1cc(S(=O)(=O)NCC2NCCc3ccccc32)cc1C(N)=O. The van der Waals surface area contributed by atoms with Gasteiger partial charge in [0, 0.05) is 25.8 Å². The molecule has 1 amide bonds. The van der Waals surface area contributed by atoms with E-state index in [0.717, 1.165) is 18.5 Å². The first-order chi connectivity index (χ1) is 11.4. The van der Waals surface area contributed by atoms with Crippen LogP contribution in [0.25, 0.3) is 0 Å². The van der Waals surface area contributed by atoms with Crippen LogP contribution in [-0.2, 0) is 23.5 Å². The number of nitrogens with zero attached hydrogens (tertiary/aromatic N) is 1. The number of hydrogen-bond acceptors (Lipinski definition) is 4. The molecule has 0 aliphatic carbocycles. The maximum Gasteiger partial charge on any atom is 0.265 e. The number of nitrogens with one attached hydrogen (secondary N) is 2. The Morgan fingerprint density at radius 1 is 1.42 bits per heavy atom. The van der Waals surface area contributed by atoms with Crippen molar-refractivity contribution in [2.75, 3.05) is 13.1 Å². The molecule has 7 nitrogen and oxygen atoms in total. The molecule has 1 atom stereocenters. The van der Waals surface area contributed by atoms with E-state index in [1.54, 1.807) is 7.05 Å². The Morgan fingerprint density at radius 2 is 2.17 bits per heavy atom. The molecule has 2 aromatic rings. The fourth-order valence-corrected chi connectivity index (χ4v) is 4.09. The Balaban J connectivity index is 1.77. The summed E-state index contributed by atoms with van der Waals surface area (Å²) in [7, 11) is -2.13. The third-order valence-electron chi connectivity index (χ3n) is 4.24. The van der Waals surface area contributed by atoms with Gasteiger partial charge in [-0.3, -0.25) is 4.79 Å². The zero-order valence-electron chi connectivity index (χ0n) is 13.3. The summed E-state index contributed by atoms with van der Waals surface area (Å²) in [4.78, 5) is 11.3. The molecule has 1 aromatic carbocycles. The van der Waals surface area contributed by atoms with Crippen LogP contribution in [0.15, 0.2) is 41.4 Å². The van der Waals surface area contributed by atoms with Gasteiger partial charge in [0.25, 0.3) is 5.91 Å². The third kappa shape index (κ3) is 3.21. The first-order valence-corrected chi connectivity index (χ1v) is 9.14. The standard InChI is InChI=1S/C16H20N4O3S/c1-20-10-12(8-15(20)16(17)21)24(22,23)19-9-14-13-5-3-2-4-11(13)6-7-18-14/h2-5,8,10,14,18-19H,6-7,9H2,1H3,(H2,17,21). The summed E-state index contributed by atoms with van der Waals surface area (Å²) >= 11 is 0. The summed E-state index contributed by atoms with van der Waals surface area (Å²) in [5.74, 6) is -0.665. The number of aryl methyl sites for hydroxylation is 1. The predicted molar refractivity (Wildman–Crippen MR) is 90.0 cm³/mol. The van der Waals surface area contributed by atoms with Crippen molar-refractivity contribution in [3.8, 4) is 0 Å². The summed E-state index contributed by atoms with van der Waals surface area (Å²) < 4.78 is 29.0. The topological polar surface area (TPSA) is 106 Å². The molecule has 0 saturated heterocycles. The highest BCUT2D eigenvalue weighted by molar-refractivity contribution is 7.89. The highest BCUT2D eigenvalue weighted by atomic mass is 32.2. The van der Waals surface area contributed by atoms with E-state index in [-0.39, 0.29) is 23.2 Å². The first kappa shape index (κ1) is 16.7. The van der Waals surface area contributed by atoms with E-state index in [4.69, 9.17) is 5.73 Å². The summed E-state index contributed by atoms with van der Waals surface area (Å²) in [5.41, 5.74) is 7.72. The quantitative estimate of drug-likeness (QED) is 0.722. The summed E-state index contributed by atoms with van der Waals surface area (Å²) in [6, 6.07) is 9.21. The van der Waals surface area contributed by atoms with Crippen LogP contribution in [-0.4, -0.2) is 32.0 Å². The number of rotatable bonds is 5. The number of sulfonamides is 1. The molecule has 0 spiro atoms. The molecular weight excluding hydrogens is 328 g/mol. The van der Waals surface area contributed by atoms with Gasteiger partial charge in [-0.25, -0.2) is 13.1 Å². The molecule has 8 heteroatoms. The lowest BCUT2D eigenvalue weighted by Crippen LogP contribution is -2.38. The Kier molecular flexibility index (Phi) is 4.44. The molecule has 0 radical (unpaired) electrons. The lowest BCUT2D eigenvalue weighted by atomic mass is 9.95. The number of aromatic nitrogens is 1. The maximum atomic E-state index is 12.5. The third-order valence-corrected chi connectivity index (χ3v) is 5.63. The molecule has 0 fully saturated rings. The number of benzene rings is 1. The molecule has 1 aromatic heterocycles. The molecule has 0 bridgehead atoms. The Bertz CT molecular complexity index is 873. The fraction of sp³-hybridized carbons (Fsp3) is 0.312. The normalized spacial score (nSPS) is 17.5. The average Bonchev–Trinajstić information content (AvgIpc) is 2.96. The number of carbonyl (C=O) groups is 1. The highest BCUT2D eigenvalue weighted by Crippen LogP contribution is 2.22. The van der Waals surface area contributed by atoms with Crippen molar-refractivity contribution in [1.29, 1.82) is 0 Å². The van der Waals surface area contributed by atoms with Crippen LogP contribution in [0.1, 0.15) is 27.7 Å². The van der Waals surface area contributed by atoms with Crippen LogP contribution < -0.4 is 15.8 Å². The van der Waals surface area contributed by atoms with Crippen LogP contribution in [0.2, 0.25) is 0 Å². The first-order valence-electron chi connectivity index (χ1n) is 7.65. The Morgan fingerprint density at radius 3 is 2.88 bits per heavy atom. The molecule has 128 valence electrons. The van der Waals surface area contributed by atoms with Gasteiger partial charge in [0.15, 0.2) is 0 Å². The fourth-order valence-electron chi connectivity index (χ4n) is 2.98. The van der Waals surface area contributed by atoms with Gasteiger partial charge in [0.2, 0.25) is 10.0 Å². The largest absolute Gasteiger partial charge is 0.364 e. The molecule has 3 rings (SSSR count). The molecule has 24 heavy (non-hydrogen) atoms. The van der Waals surface area contributed by atoms with Crippen molar-refractivity contribution in [2.24, 2.45) is 12.8 Å². The molecule has 1 aliphatic heterocycles. The van der Waals surface area contributed by atoms with Gasteiger partial charge in [-0.2, -0.15) is 0 Å². The van der Waals surface area contributed by atoms with Crippen LogP contribution in [0.3, 0.4) is 0 Å². The average molecular weight is 348 g/mol. The van der Waals surface area contributed by atoms with Crippen molar-refractivity contribution >= 4 is 15.9 Å². The monoisotopic (exact) mass is 348 g/mol. The van der Waals surface area contributed by atoms with Crippen molar-refractivity contribution in [3.63, 3.8) is 0 Å². The van der Waals surface area contributed by atoms with Crippen molar-refractivity contribution in [2.45, 2.75) is 17.4 Å². The van der Waals surface area contributed by atoms with E-state index in [9.17, 15) is 13.2 Å². The Hall–Kier alpha value is -2.16. The van der Waals surface area contributed by atoms with E-state index < -0.39 is 15.9 Å². The van der Waals surface area contributed by atoms with Crippen LogP contribution >= 0.6 is 0 Å². The number of fused-ring (bicyclic) bond motifs is 1. The maximum absolute atomic E-state index is 12.5. The zero-order chi connectivity index (χ0) is 17.3. The molecule has 4 N–H and O–H groups in total. The summed E-state index contributed by atoms with van der Waals surface area (Å²) in [6.07, 6.45) is 2.31. The van der Waals surface area contributed by atoms with Gasteiger partial charge in [-0.15, -0.1) is 0 Å². The molecule has 1 unspecified atom stereocenters. The van der Waals surface area contributed by atoms with Gasteiger partial charge in [-0.05, 0) is 30.2 Å². The number of hydrogen-bond donors (Lipinski definition) is 3. The zero-order valence-corrected chi connectivity index (χ0v) is 14.1. The van der Waals surface area contributed by atoms with Gasteiger partial charge in [0.1, 0.15) is 10.6 Å². The number of carbonyl (C=O) groups excluding carboxylic acids is 1. The van der Waals surface area contributed by atoms with Crippen LogP contribution in [0.4, 0.5) is 0 Å². The second kappa shape index (κ2) is 6.39. The molecular formula is C16H20N4O3S. The van der Waals surface area contributed by atoms with E-state index in [0.29, 0.717) is 0 Å². The number of nitrogens with two attached hydrogens (primary N) is 1. The second-order valence-electron chi connectivity index (χ2n) is 5.84. The molecule has 0 saturated carbocycles. The minimum atomic E-state index is -3.72. The summed E-state index contributed by atoms with van der Waals surface area (Å²) in [6.45, 7) is 1.04. The lowest BCUT2D eigenvalue weighted by molar-refractivity contribution is 0.0992. The van der Waals surface area contributed by atoms with Crippen molar-refractivity contribution < 1.29 is 13.2 Å². The van der Waals surface area contributed by atoms with Crippen LogP contribution in [0.5, 0.6) is 0 Å². The minimum Gasteiger partial charge on any atom is -0.364 e. The van der Waals surface area contributed by atoms with Gasteiger partial charge >= 0.3 is 0 Å². The van der Waals surface area contributed by atoms with E-state index in [1.807, 2.05) is 18.2 Å². The highest BCUT2D eigenvalue weighted by Gasteiger charge is 2.24. The van der Waals surface area contributed by atoms with E-state index >= 15 is 0 Å². The molecule has 2 heterocycles. The molecule has 1 aliphatic rings. The minimum absolute atomic E-state index is 0.0305. The van der Waals surface area contributed by atoms with E-state index in [1.165, 1.54) is 22.4 Å². The number of amides is 1. The number of primary amides is 1. The van der Waals surface area contributed by atoms with E-state index in [2.05, 4.69) is 16.1 Å². The van der Waals surface area contributed by atoms with Gasteiger partial charge in [-0.1, -0.05) is 24.3 Å². The van der Waals surface area contributed by atoms with Crippen LogP contribution in [0, 0.1) is 0 Å². The smallest absolute Gasteiger partial charge is 0.265 e. The van der Waals surface area contributed by atoms with Crippen molar-refractivity contribution in [3.05, 3.63) is 53.3 Å². The predicted octanol–water partition coefficient (Wildman–Crippen LogP) is 0.289. The van der Waals surface area contributed by atoms with Crippen molar-refractivity contribution in [1.82, 2.24) is 14.6 Å². The second-order valence-corrected chi connectivity index (χ2v) is 7.61. The summed E-state index contributed by atoms with van der Waals surface area (Å²) in [5, 5.41) is 3.33.